The van der Waals surface area contributed by atoms with Crippen LogP contribution < -0.4 is 14.8 Å². The van der Waals surface area contributed by atoms with E-state index in [2.05, 4.69) is 37.6 Å². The maximum atomic E-state index is 13.4. The summed E-state index contributed by atoms with van der Waals surface area (Å²) in [6, 6.07) is 16.6. The molecule has 0 saturated carbocycles. The van der Waals surface area contributed by atoms with Crippen LogP contribution in [0.2, 0.25) is 0 Å². The molecular weight excluding hydrogens is 800 g/mol. The van der Waals surface area contributed by atoms with Gasteiger partial charge in [0, 0.05) is 43.0 Å². The first-order valence-corrected chi connectivity index (χ1v) is 21.2. The van der Waals surface area contributed by atoms with Crippen LogP contribution in [-0.4, -0.2) is 83.6 Å². The van der Waals surface area contributed by atoms with E-state index >= 15 is 0 Å². The first-order valence-electron chi connectivity index (χ1n) is 20.4. The van der Waals surface area contributed by atoms with E-state index < -0.39 is 5.97 Å². The molecule has 1 aliphatic heterocycles. The second-order valence-electron chi connectivity index (χ2n) is 15.4. The van der Waals surface area contributed by atoms with Gasteiger partial charge in [-0.2, -0.15) is 4.98 Å². The summed E-state index contributed by atoms with van der Waals surface area (Å²) < 4.78 is 40.9. The smallest absolute Gasteiger partial charge is 0.410 e. The third-order valence-corrected chi connectivity index (χ3v) is 11.2. The maximum Gasteiger partial charge on any atom is 0.410 e. The fourth-order valence-corrected chi connectivity index (χ4v) is 8.38. The number of nitrogens with one attached hydrogen (secondary N) is 1. The number of rotatable bonds is 10. The number of esters is 1. The van der Waals surface area contributed by atoms with E-state index in [1.165, 1.54) is 67.2 Å². The Morgan fingerprint density at radius 2 is 1.72 bits per heavy atom. The van der Waals surface area contributed by atoms with Gasteiger partial charge >= 0.3 is 18.1 Å². The van der Waals surface area contributed by atoms with Gasteiger partial charge in [0.25, 0.3) is 5.89 Å². The molecule has 0 radical (unpaired) electrons. The number of hydrogen-bond acceptors (Lipinski definition) is 13. The average Bonchev–Trinajstić information content (AvgIpc) is 4.10. The zero-order valence-corrected chi connectivity index (χ0v) is 36.6. The number of aromatic nitrogens is 4. The number of carbonyl (C=O) groups excluding carboxylic acids is 2. The number of anilines is 1. The van der Waals surface area contributed by atoms with E-state index in [-0.39, 0.29) is 41.6 Å². The lowest BCUT2D eigenvalue weighted by atomic mass is 9.96. The summed E-state index contributed by atoms with van der Waals surface area (Å²) in [5, 5.41) is 7.96. The maximum absolute atomic E-state index is 13.4. The second kappa shape index (κ2) is 20.4. The van der Waals surface area contributed by atoms with Gasteiger partial charge in [-0.25, -0.2) is 19.0 Å². The molecule has 2 aromatic carbocycles. The molecule has 6 aromatic rings. The Labute approximate surface area is 359 Å². The van der Waals surface area contributed by atoms with Gasteiger partial charge in [-0.15, -0.1) is 11.3 Å². The van der Waals surface area contributed by atoms with Crippen molar-refractivity contribution in [3.05, 3.63) is 101 Å². The summed E-state index contributed by atoms with van der Waals surface area (Å²) >= 11 is 1.47. The largest absolute Gasteiger partial charge is 0.496 e. The minimum absolute atomic E-state index is 0.0509. The van der Waals surface area contributed by atoms with E-state index in [1.807, 2.05) is 39.0 Å². The molecule has 8 rings (SSSR count). The third-order valence-electron chi connectivity index (χ3n) is 10.0. The standard InChI is InChI=1S/C27H24FN5O4S.C10H12O.C9H17NO2/c1-4-36-26(34)18-14-31-19(10-7-15-5-8-17(28)9-6-15)22(25-32-27(35-3)33-37-25)21(18)20-13-16-11-12-30-24(29-2)23(16)38-20;1-11-10-7-3-5-8-4-2-6-9(8)10;1-9(2,3)12-8(11)10-6-4-5-7-10/h5-6,8-9,11-14H,4,7,10H2,1-3H3,(H,29,30);3,5,7H,2,4,6H2,1H3;4-7H2,1-3H3. The highest BCUT2D eigenvalue weighted by molar-refractivity contribution is 7.22. The Balaban J connectivity index is 0.000000218. The topological polar surface area (TPSA) is 151 Å². The van der Waals surface area contributed by atoms with E-state index in [9.17, 15) is 14.0 Å². The summed E-state index contributed by atoms with van der Waals surface area (Å²) in [4.78, 5) is 40.5. The molecular formula is C46H53FN6O7S. The molecule has 1 amide bonds. The lowest BCUT2D eigenvalue weighted by Crippen LogP contribution is -2.34. The second-order valence-corrected chi connectivity index (χ2v) is 16.4. The van der Waals surface area contributed by atoms with E-state index in [1.54, 1.807) is 44.3 Å². The van der Waals surface area contributed by atoms with Crippen LogP contribution in [0.5, 0.6) is 11.8 Å². The van der Waals surface area contributed by atoms with Gasteiger partial charge in [0.2, 0.25) is 0 Å². The van der Waals surface area contributed by atoms with Crippen molar-refractivity contribution in [3.8, 4) is 33.7 Å². The van der Waals surface area contributed by atoms with Crippen LogP contribution in [0.4, 0.5) is 15.0 Å². The van der Waals surface area contributed by atoms with Gasteiger partial charge in [-0.05, 0) is 130 Å². The molecule has 1 aliphatic carbocycles. The van der Waals surface area contributed by atoms with Crippen molar-refractivity contribution in [1.29, 1.82) is 0 Å². The number of carbonyl (C=O) groups is 2. The quantitative estimate of drug-likeness (QED) is 0.131. The summed E-state index contributed by atoms with van der Waals surface area (Å²) in [5.74, 6) is 1.14. The van der Waals surface area contributed by atoms with Crippen molar-refractivity contribution < 1.29 is 37.5 Å². The molecule has 322 valence electrons. The summed E-state index contributed by atoms with van der Waals surface area (Å²) in [6.07, 6.45) is 10.0. The number of benzene rings is 2. The van der Waals surface area contributed by atoms with Crippen LogP contribution in [-0.2, 0) is 35.2 Å². The SMILES string of the molecule is CC(C)(C)OC(=O)N1CCCC1.CCOC(=O)c1cnc(CCc2ccc(F)cc2)c(-c2nc(OC)no2)c1-c1cc2ccnc(NC)c2s1.COc1cccc2c1CCC2. The van der Waals surface area contributed by atoms with Crippen molar-refractivity contribution in [2.75, 3.05) is 46.3 Å². The molecule has 4 aromatic heterocycles. The van der Waals surface area contributed by atoms with Gasteiger partial charge in [0.1, 0.15) is 23.0 Å². The molecule has 0 bridgehead atoms. The zero-order valence-electron chi connectivity index (χ0n) is 35.8. The van der Waals surface area contributed by atoms with Gasteiger partial charge in [-0.3, -0.25) is 4.98 Å². The molecule has 5 heterocycles. The number of fused-ring (bicyclic) bond motifs is 2. The minimum Gasteiger partial charge on any atom is -0.496 e. The number of amides is 1. The Bertz CT molecular complexity index is 2420. The number of aryl methyl sites for hydroxylation is 3. The first-order chi connectivity index (χ1) is 29.4. The fraction of sp³-hybridized carbons (Fsp3) is 0.391. The normalized spacial score (nSPS) is 13.1. The summed E-state index contributed by atoms with van der Waals surface area (Å²) in [5.41, 5.74) is 5.47. The number of methoxy groups -OCH3 is 2. The van der Waals surface area contributed by atoms with E-state index in [4.69, 9.17) is 23.5 Å². The van der Waals surface area contributed by atoms with Gasteiger partial charge in [0.05, 0.1) is 42.3 Å². The number of halogens is 1. The van der Waals surface area contributed by atoms with Crippen LogP contribution in [0.1, 0.15) is 79.7 Å². The lowest BCUT2D eigenvalue weighted by molar-refractivity contribution is 0.0294. The molecule has 1 saturated heterocycles. The van der Waals surface area contributed by atoms with Crippen molar-refractivity contribution in [3.63, 3.8) is 0 Å². The highest BCUT2D eigenvalue weighted by atomic mass is 32.1. The average molecular weight is 853 g/mol. The fourth-order valence-electron chi connectivity index (χ4n) is 7.17. The van der Waals surface area contributed by atoms with Crippen LogP contribution in [0.15, 0.2) is 71.5 Å². The van der Waals surface area contributed by atoms with Gasteiger partial charge in [0.15, 0.2) is 0 Å². The van der Waals surface area contributed by atoms with Crippen LogP contribution in [0.25, 0.3) is 32.0 Å². The summed E-state index contributed by atoms with van der Waals surface area (Å²) in [7, 11) is 4.99. The van der Waals surface area contributed by atoms with Crippen LogP contribution >= 0.6 is 11.3 Å². The van der Waals surface area contributed by atoms with Crippen LogP contribution in [0.3, 0.4) is 0 Å². The number of ether oxygens (including phenoxy) is 4. The number of thiophene rings is 1. The Morgan fingerprint density at radius 3 is 2.39 bits per heavy atom. The van der Waals surface area contributed by atoms with E-state index in [0.717, 1.165) is 58.0 Å². The van der Waals surface area contributed by atoms with Crippen molar-refractivity contribution >= 4 is 39.3 Å². The van der Waals surface area contributed by atoms with Gasteiger partial charge in [-0.1, -0.05) is 24.3 Å². The number of likely N-dealkylation sites (tertiary alicyclic amines) is 1. The summed E-state index contributed by atoms with van der Waals surface area (Å²) in [6.45, 7) is 9.33. The minimum atomic E-state index is -0.516. The number of pyridine rings is 2. The Morgan fingerprint density at radius 1 is 0.951 bits per heavy atom. The molecule has 1 N–H and O–H groups in total. The number of hydrogen-bond donors (Lipinski definition) is 1. The molecule has 0 unspecified atom stereocenters. The van der Waals surface area contributed by atoms with Crippen LogP contribution in [0, 0.1) is 5.82 Å². The number of nitrogens with zero attached hydrogens (tertiary/aromatic N) is 5. The molecule has 13 nitrogen and oxygen atoms in total. The van der Waals surface area contributed by atoms with Crippen molar-refractivity contribution in [2.24, 2.45) is 0 Å². The Hall–Kier alpha value is -6.09. The molecule has 15 heteroatoms. The first kappa shape index (κ1) is 44.5. The third kappa shape index (κ3) is 11.2. The molecule has 0 atom stereocenters. The van der Waals surface area contributed by atoms with Crippen molar-refractivity contribution in [2.45, 2.75) is 78.2 Å². The zero-order chi connectivity index (χ0) is 43.5. The van der Waals surface area contributed by atoms with Gasteiger partial charge < -0.3 is 33.7 Å². The predicted octanol–water partition coefficient (Wildman–Crippen LogP) is 9.76. The monoisotopic (exact) mass is 852 g/mol. The molecule has 2 aliphatic rings. The molecule has 61 heavy (non-hydrogen) atoms. The Kier molecular flexibility index (Phi) is 14.9. The molecule has 0 spiro atoms. The highest BCUT2D eigenvalue weighted by Gasteiger charge is 2.28. The predicted molar refractivity (Wildman–Crippen MR) is 234 cm³/mol. The highest BCUT2D eigenvalue weighted by Crippen LogP contribution is 2.44. The lowest BCUT2D eigenvalue weighted by Gasteiger charge is -2.23. The van der Waals surface area contributed by atoms with Crippen molar-refractivity contribution in [1.82, 2.24) is 25.0 Å². The van der Waals surface area contributed by atoms with E-state index in [0.29, 0.717) is 29.7 Å². The molecule has 1 fully saturated rings.